The molecule has 8 heteroatoms. The van der Waals surface area contributed by atoms with Crippen LogP contribution in [0.2, 0.25) is 0 Å². The van der Waals surface area contributed by atoms with Crippen molar-refractivity contribution in [2.24, 2.45) is 7.05 Å². The van der Waals surface area contributed by atoms with Crippen molar-refractivity contribution in [3.63, 3.8) is 0 Å². The molecular weight excluding hydrogens is 341 g/mol. The van der Waals surface area contributed by atoms with Crippen molar-refractivity contribution in [2.75, 3.05) is 19.6 Å². The van der Waals surface area contributed by atoms with E-state index in [0.29, 0.717) is 6.54 Å². The zero-order valence-electron chi connectivity index (χ0n) is 13.3. The molecule has 24 heavy (non-hydrogen) atoms. The van der Waals surface area contributed by atoms with E-state index in [1.165, 1.54) is 0 Å². The third-order valence-electron chi connectivity index (χ3n) is 4.18. The van der Waals surface area contributed by atoms with Crippen LogP contribution >= 0.6 is 12.4 Å². The number of imidazole rings is 1. The van der Waals surface area contributed by atoms with Gasteiger partial charge in [0, 0.05) is 45.6 Å². The molecule has 0 amide bonds. The third-order valence-corrected chi connectivity index (χ3v) is 4.18. The van der Waals surface area contributed by atoms with Gasteiger partial charge >= 0.3 is 6.18 Å². The number of rotatable bonds is 3. The first-order valence-electron chi connectivity index (χ1n) is 7.53. The second kappa shape index (κ2) is 7.55. The number of hydrogen-bond acceptors (Lipinski definition) is 3. The first-order chi connectivity index (χ1) is 10.9. The zero-order chi connectivity index (χ0) is 16.4. The van der Waals surface area contributed by atoms with Gasteiger partial charge in [0.2, 0.25) is 0 Å². The number of nitrogens with zero attached hydrogens (tertiary/aromatic N) is 3. The Morgan fingerprint density at radius 3 is 2.54 bits per heavy atom. The minimum Gasteiger partial charge on any atom is -0.337 e. The van der Waals surface area contributed by atoms with Crippen LogP contribution in [-0.4, -0.2) is 34.1 Å². The van der Waals surface area contributed by atoms with Crippen molar-refractivity contribution in [3.05, 3.63) is 53.6 Å². The van der Waals surface area contributed by atoms with Crippen molar-refractivity contribution < 1.29 is 13.2 Å². The number of piperazine rings is 1. The van der Waals surface area contributed by atoms with Crippen molar-refractivity contribution in [1.29, 1.82) is 0 Å². The standard InChI is InChI=1S/C16H19F3N4.ClH/c1-22-8-7-21-15(22)14-10-20-6-9-23(14)11-12-2-4-13(5-3-12)16(17,18)19;/h2-5,7-8,14,20H,6,9-11H2,1H3;1H. The van der Waals surface area contributed by atoms with Crippen LogP contribution in [0.5, 0.6) is 0 Å². The highest BCUT2D eigenvalue weighted by atomic mass is 35.5. The fourth-order valence-electron chi connectivity index (χ4n) is 2.92. The zero-order valence-corrected chi connectivity index (χ0v) is 14.1. The number of alkyl halides is 3. The molecule has 2 aromatic rings. The van der Waals surface area contributed by atoms with Gasteiger partial charge in [-0.1, -0.05) is 12.1 Å². The largest absolute Gasteiger partial charge is 0.416 e. The lowest BCUT2D eigenvalue weighted by Crippen LogP contribution is -2.46. The number of hydrogen-bond donors (Lipinski definition) is 1. The molecule has 0 bridgehead atoms. The van der Waals surface area contributed by atoms with E-state index in [2.05, 4.69) is 15.2 Å². The van der Waals surface area contributed by atoms with Gasteiger partial charge < -0.3 is 9.88 Å². The summed E-state index contributed by atoms with van der Waals surface area (Å²) < 4.78 is 39.9. The van der Waals surface area contributed by atoms with Crippen LogP contribution < -0.4 is 5.32 Å². The molecule has 1 fully saturated rings. The van der Waals surface area contributed by atoms with Gasteiger partial charge in [0.25, 0.3) is 0 Å². The molecule has 0 radical (unpaired) electrons. The average molecular weight is 361 g/mol. The predicted octanol–water partition coefficient (Wildman–Crippen LogP) is 3.01. The second-order valence-electron chi connectivity index (χ2n) is 5.78. The highest BCUT2D eigenvalue weighted by Gasteiger charge is 2.30. The average Bonchev–Trinajstić information content (AvgIpc) is 2.93. The molecule has 4 nitrogen and oxygen atoms in total. The molecule has 0 saturated carbocycles. The fraction of sp³-hybridized carbons (Fsp3) is 0.438. The van der Waals surface area contributed by atoms with E-state index in [9.17, 15) is 13.2 Å². The number of aromatic nitrogens is 2. The molecule has 0 aliphatic carbocycles. The SMILES string of the molecule is Cl.Cn1ccnc1C1CNCCN1Cc1ccc(C(F)(F)F)cc1. The molecule has 1 aliphatic heterocycles. The Morgan fingerprint density at radius 2 is 1.96 bits per heavy atom. The Hall–Kier alpha value is -1.57. The van der Waals surface area contributed by atoms with Crippen LogP contribution in [0.15, 0.2) is 36.7 Å². The predicted molar refractivity (Wildman–Crippen MR) is 87.9 cm³/mol. The first kappa shape index (κ1) is 18.8. The van der Waals surface area contributed by atoms with Gasteiger partial charge in [0.15, 0.2) is 0 Å². The van der Waals surface area contributed by atoms with Gasteiger partial charge in [0.05, 0.1) is 11.6 Å². The van der Waals surface area contributed by atoms with Gasteiger partial charge in [-0.05, 0) is 17.7 Å². The molecule has 1 unspecified atom stereocenters. The Bertz CT molecular complexity index is 654. The molecule has 1 saturated heterocycles. The molecule has 1 aromatic heterocycles. The highest BCUT2D eigenvalue weighted by Crippen LogP contribution is 2.30. The minimum absolute atomic E-state index is 0. The number of halogens is 4. The summed E-state index contributed by atoms with van der Waals surface area (Å²) >= 11 is 0. The Labute approximate surface area is 145 Å². The minimum atomic E-state index is -4.29. The first-order valence-corrected chi connectivity index (χ1v) is 7.53. The lowest BCUT2D eigenvalue weighted by Gasteiger charge is -2.35. The Morgan fingerprint density at radius 1 is 1.25 bits per heavy atom. The van der Waals surface area contributed by atoms with E-state index in [4.69, 9.17) is 0 Å². The number of nitrogens with one attached hydrogen (secondary N) is 1. The molecule has 132 valence electrons. The van der Waals surface area contributed by atoms with Crippen LogP contribution in [0.25, 0.3) is 0 Å². The third kappa shape index (κ3) is 4.09. The van der Waals surface area contributed by atoms with Crippen molar-refractivity contribution in [1.82, 2.24) is 19.8 Å². The Balaban J connectivity index is 0.00000208. The maximum absolute atomic E-state index is 12.6. The maximum Gasteiger partial charge on any atom is 0.416 e. The number of aryl methyl sites for hydroxylation is 1. The molecule has 0 spiro atoms. The summed E-state index contributed by atoms with van der Waals surface area (Å²) in [7, 11) is 1.95. The highest BCUT2D eigenvalue weighted by molar-refractivity contribution is 5.85. The molecular formula is C16H20ClF3N4. The lowest BCUT2D eigenvalue weighted by molar-refractivity contribution is -0.137. The van der Waals surface area contributed by atoms with Gasteiger partial charge in [-0.2, -0.15) is 13.2 Å². The summed E-state index contributed by atoms with van der Waals surface area (Å²) in [6.07, 6.45) is -0.621. The monoisotopic (exact) mass is 360 g/mol. The van der Waals surface area contributed by atoms with Crippen molar-refractivity contribution >= 4 is 12.4 Å². The van der Waals surface area contributed by atoms with E-state index in [1.54, 1.807) is 18.3 Å². The fourth-order valence-corrected chi connectivity index (χ4v) is 2.92. The summed E-state index contributed by atoms with van der Waals surface area (Å²) in [6.45, 7) is 3.09. The molecule has 1 N–H and O–H groups in total. The summed E-state index contributed by atoms with van der Waals surface area (Å²) in [5.41, 5.74) is 0.265. The lowest BCUT2D eigenvalue weighted by atomic mass is 10.1. The van der Waals surface area contributed by atoms with Crippen LogP contribution in [0, 0.1) is 0 Å². The molecule has 2 heterocycles. The van der Waals surface area contributed by atoms with Crippen LogP contribution in [-0.2, 0) is 19.8 Å². The maximum atomic E-state index is 12.6. The smallest absolute Gasteiger partial charge is 0.337 e. The summed E-state index contributed by atoms with van der Waals surface area (Å²) in [5.74, 6) is 0.962. The molecule has 3 rings (SSSR count). The second-order valence-corrected chi connectivity index (χ2v) is 5.78. The van der Waals surface area contributed by atoms with Gasteiger partial charge in [-0.15, -0.1) is 12.4 Å². The normalized spacial score (nSPS) is 19.1. The van der Waals surface area contributed by atoms with Crippen LogP contribution in [0.4, 0.5) is 13.2 Å². The summed E-state index contributed by atoms with van der Waals surface area (Å²) in [5, 5.41) is 3.35. The van der Waals surface area contributed by atoms with Crippen molar-refractivity contribution in [3.8, 4) is 0 Å². The van der Waals surface area contributed by atoms with E-state index in [0.717, 1.165) is 43.2 Å². The van der Waals surface area contributed by atoms with Crippen LogP contribution in [0.3, 0.4) is 0 Å². The van der Waals surface area contributed by atoms with Crippen molar-refractivity contribution in [2.45, 2.75) is 18.8 Å². The molecule has 1 aromatic carbocycles. The summed E-state index contributed by atoms with van der Waals surface area (Å²) in [6, 6.07) is 5.52. The van der Waals surface area contributed by atoms with Crippen LogP contribution in [0.1, 0.15) is 23.0 Å². The van der Waals surface area contributed by atoms with Gasteiger partial charge in [-0.25, -0.2) is 4.98 Å². The van der Waals surface area contributed by atoms with Gasteiger partial charge in [0.1, 0.15) is 5.82 Å². The molecule has 1 aliphatic rings. The van der Waals surface area contributed by atoms with E-state index in [1.807, 2.05) is 17.8 Å². The topological polar surface area (TPSA) is 33.1 Å². The Kier molecular flexibility index (Phi) is 5.90. The van der Waals surface area contributed by atoms with Gasteiger partial charge in [-0.3, -0.25) is 4.90 Å². The van der Waals surface area contributed by atoms with E-state index < -0.39 is 11.7 Å². The molecule has 1 atom stereocenters. The summed E-state index contributed by atoms with van der Waals surface area (Å²) in [4.78, 5) is 6.66. The number of benzene rings is 1. The van der Waals surface area contributed by atoms with E-state index >= 15 is 0 Å². The van der Waals surface area contributed by atoms with E-state index in [-0.39, 0.29) is 18.4 Å². The quantitative estimate of drug-likeness (QED) is 0.913.